The molecule has 2 rings (SSSR count). The van der Waals surface area contributed by atoms with E-state index in [0.29, 0.717) is 12.5 Å². The maximum Gasteiger partial charge on any atom is 0.193 e. The number of hydrogen-bond acceptors (Lipinski definition) is 2. The standard InChI is InChI=1S/C18H29FN4/c1-4-23-10-6-8-16(14-23)12-21-18(20-2)22(3)13-15-7-5-9-17(19)11-15/h5,7,9,11,16H,4,6,8,10,12-14H2,1-3H3,(H,20,21). The minimum atomic E-state index is -0.194. The maximum atomic E-state index is 13.3. The Labute approximate surface area is 139 Å². The van der Waals surface area contributed by atoms with E-state index in [4.69, 9.17) is 0 Å². The second-order valence-electron chi connectivity index (χ2n) is 6.32. The molecule has 0 amide bonds. The van der Waals surface area contributed by atoms with Crippen LogP contribution in [0.1, 0.15) is 25.3 Å². The van der Waals surface area contributed by atoms with Crippen LogP contribution in [0.25, 0.3) is 0 Å². The summed E-state index contributed by atoms with van der Waals surface area (Å²) in [4.78, 5) is 8.90. The second-order valence-corrected chi connectivity index (χ2v) is 6.32. The van der Waals surface area contributed by atoms with Gasteiger partial charge >= 0.3 is 0 Å². The Hall–Kier alpha value is -1.62. The zero-order valence-electron chi connectivity index (χ0n) is 14.6. The fourth-order valence-electron chi connectivity index (χ4n) is 3.21. The van der Waals surface area contributed by atoms with Crippen LogP contribution in [0, 0.1) is 11.7 Å². The van der Waals surface area contributed by atoms with Crippen LogP contribution in [0.15, 0.2) is 29.3 Å². The minimum Gasteiger partial charge on any atom is -0.356 e. The highest BCUT2D eigenvalue weighted by atomic mass is 19.1. The monoisotopic (exact) mass is 320 g/mol. The molecule has 4 nitrogen and oxygen atoms in total. The first-order valence-corrected chi connectivity index (χ1v) is 8.51. The summed E-state index contributed by atoms with van der Waals surface area (Å²) in [6.45, 7) is 7.32. The van der Waals surface area contributed by atoms with Crippen LogP contribution in [0.5, 0.6) is 0 Å². The van der Waals surface area contributed by atoms with Gasteiger partial charge in [0, 0.05) is 33.7 Å². The highest BCUT2D eigenvalue weighted by Gasteiger charge is 2.19. The average Bonchev–Trinajstić information content (AvgIpc) is 2.55. The van der Waals surface area contributed by atoms with Gasteiger partial charge in [0.25, 0.3) is 0 Å². The molecule has 128 valence electrons. The number of aliphatic imine (C=N–C) groups is 1. The molecule has 0 radical (unpaired) electrons. The van der Waals surface area contributed by atoms with Gasteiger partial charge in [0.15, 0.2) is 5.96 Å². The Bertz CT molecular complexity index is 517. The number of nitrogens with zero attached hydrogens (tertiary/aromatic N) is 3. The van der Waals surface area contributed by atoms with Gasteiger partial charge in [0.2, 0.25) is 0 Å². The number of rotatable bonds is 5. The van der Waals surface area contributed by atoms with E-state index < -0.39 is 0 Å². The molecule has 1 saturated heterocycles. The van der Waals surface area contributed by atoms with E-state index in [2.05, 4.69) is 22.1 Å². The SMILES string of the molecule is CCN1CCCC(CNC(=NC)N(C)Cc2cccc(F)c2)C1. The summed E-state index contributed by atoms with van der Waals surface area (Å²) >= 11 is 0. The van der Waals surface area contributed by atoms with Crippen molar-refractivity contribution in [1.29, 1.82) is 0 Å². The van der Waals surface area contributed by atoms with Crippen LogP contribution in [-0.4, -0.2) is 56.0 Å². The molecule has 5 heteroatoms. The quantitative estimate of drug-likeness (QED) is 0.668. The molecule has 1 aromatic carbocycles. The molecule has 1 aromatic rings. The largest absolute Gasteiger partial charge is 0.356 e. The number of benzene rings is 1. The Morgan fingerprint density at radius 1 is 1.48 bits per heavy atom. The van der Waals surface area contributed by atoms with Crippen LogP contribution >= 0.6 is 0 Å². The van der Waals surface area contributed by atoms with Crippen molar-refractivity contribution < 1.29 is 4.39 Å². The van der Waals surface area contributed by atoms with Crippen LogP contribution in [-0.2, 0) is 6.54 Å². The van der Waals surface area contributed by atoms with Gasteiger partial charge in [0.05, 0.1) is 0 Å². The van der Waals surface area contributed by atoms with Gasteiger partial charge in [-0.3, -0.25) is 4.99 Å². The molecular weight excluding hydrogens is 291 g/mol. The molecular formula is C18H29FN4. The predicted molar refractivity (Wildman–Crippen MR) is 94.1 cm³/mol. The Balaban J connectivity index is 1.84. The summed E-state index contributed by atoms with van der Waals surface area (Å²) in [6.07, 6.45) is 2.55. The molecule has 0 aliphatic carbocycles. The second kappa shape index (κ2) is 8.87. The Morgan fingerprint density at radius 2 is 2.30 bits per heavy atom. The van der Waals surface area contributed by atoms with Crippen molar-refractivity contribution in [2.75, 3.05) is 40.3 Å². The summed E-state index contributed by atoms with van der Waals surface area (Å²) in [7, 11) is 3.78. The highest BCUT2D eigenvalue weighted by molar-refractivity contribution is 5.79. The van der Waals surface area contributed by atoms with E-state index in [9.17, 15) is 4.39 Å². The summed E-state index contributed by atoms with van der Waals surface area (Å²) < 4.78 is 13.3. The first-order valence-electron chi connectivity index (χ1n) is 8.51. The molecule has 1 atom stereocenters. The fourth-order valence-corrected chi connectivity index (χ4v) is 3.21. The van der Waals surface area contributed by atoms with Gasteiger partial charge in [-0.25, -0.2) is 4.39 Å². The van der Waals surface area contributed by atoms with Crippen LogP contribution in [0.4, 0.5) is 4.39 Å². The number of likely N-dealkylation sites (tertiary alicyclic amines) is 1. The van der Waals surface area contributed by atoms with Crippen molar-refractivity contribution in [3.63, 3.8) is 0 Å². The first kappa shape index (κ1) is 17.7. The van der Waals surface area contributed by atoms with E-state index in [0.717, 1.165) is 31.2 Å². The van der Waals surface area contributed by atoms with Crippen molar-refractivity contribution >= 4 is 5.96 Å². The summed E-state index contributed by atoms with van der Waals surface area (Å²) in [5.74, 6) is 1.34. The van der Waals surface area contributed by atoms with Crippen LogP contribution in [0.2, 0.25) is 0 Å². The molecule has 1 unspecified atom stereocenters. The van der Waals surface area contributed by atoms with Crippen molar-refractivity contribution in [3.05, 3.63) is 35.6 Å². The minimum absolute atomic E-state index is 0.194. The van der Waals surface area contributed by atoms with Gasteiger partial charge in [-0.15, -0.1) is 0 Å². The lowest BCUT2D eigenvalue weighted by molar-refractivity contribution is 0.183. The molecule has 1 aliphatic rings. The van der Waals surface area contributed by atoms with Crippen LogP contribution < -0.4 is 5.32 Å². The molecule has 1 N–H and O–H groups in total. The molecule has 1 fully saturated rings. The van der Waals surface area contributed by atoms with Crippen molar-refractivity contribution in [2.24, 2.45) is 10.9 Å². The third-order valence-electron chi connectivity index (χ3n) is 4.48. The van der Waals surface area contributed by atoms with Crippen molar-refractivity contribution in [1.82, 2.24) is 15.1 Å². The smallest absolute Gasteiger partial charge is 0.193 e. The zero-order chi connectivity index (χ0) is 16.7. The van der Waals surface area contributed by atoms with Gasteiger partial charge in [-0.05, 0) is 49.5 Å². The lowest BCUT2D eigenvalue weighted by Crippen LogP contribution is -2.44. The van der Waals surface area contributed by atoms with Gasteiger partial charge in [0.1, 0.15) is 5.82 Å². The molecule has 23 heavy (non-hydrogen) atoms. The van der Waals surface area contributed by atoms with E-state index in [1.807, 2.05) is 18.0 Å². The summed E-state index contributed by atoms with van der Waals surface area (Å²) in [5.41, 5.74) is 0.949. The van der Waals surface area contributed by atoms with E-state index in [1.54, 1.807) is 19.2 Å². The molecule has 0 bridgehead atoms. The van der Waals surface area contributed by atoms with E-state index in [1.165, 1.54) is 25.5 Å². The lowest BCUT2D eigenvalue weighted by atomic mass is 9.98. The molecule has 0 saturated carbocycles. The third kappa shape index (κ3) is 5.50. The normalized spacial score (nSPS) is 19.7. The summed E-state index contributed by atoms with van der Waals surface area (Å²) in [5, 5.41) is 3.47. The molecule has 1 heterocycles. The highest BCUT2D eigenvalue weighted by Crippen LogP contribution is 2.15. The number of halogens is 1. The molecule has 0 aromatic heterocycles. The topological polar surface area (TPSA) is 30.9 Å². The van der Waals surface area contributed by atoms with Crippen LogP contribution in [0.3, 0.4) is 0 Å². The zero-order valence-corrected chi connectivity index (χ0v) is 14.6. The predicted octanol–water partition coefficient (Wildman–Crippen LogP) is 2.56. The fraction of sp³-hybridized carbons (Fsp3) is 0.611. The number of hydrogen-bond donors (Lipinski definition) is 1. The average molecular weight is 320 g/mol. The summed E-state index contributed by atoms with van der Waals surface area (Å²) in [6, 6.07) is 6.73. The number of nitrogens with one attached hydrogen (secondary N) is 1. The molecule has 0 spiro atoms. The number of guanidine groups is 1. The van der Waals surface area contributed by atoms with Crippen molar-refractivity contribution in [3.8, 4) is 0 Å². The van der Waals surface area contributed by atoms with Gasteiger partial charge in [-0.1, -0.05) is 19.1 Å². The van der Waals surface area contributed by atoms with Crippen molar-refractivity contribution in [2.45, 2.75) is 26.3 Å². The maximum absolute atomic E-state index is 13.3. The van der Waals surface area contributed by atoms with E-state index >= 15 is 0 Å². The Kier molecular flexibility index (Phi) is 6.84. The number of piperidine rings is 1. The van der Waals surface area contributed by atoms with Gasteiger partial charge in [-0.2, -0.15) is 0 Å². The third-order valence-corrected chi connectivity index (χ3v) is 4.48. The van der Waals surface area contributed by atoms with E-state index in [-0.39, 0.29) is 5.82 Å². The first-order chi connectivity index (χ1) is 11.1. The Morgan fingerprint density at radius 3 is 3.00 bits per heavy atom. The molecule has 1 aliphatic heterocycles. The van der Waals surface area contributed by atoms with Gasteiger partial charge < -0.3 is 15.1 Å². The lowest BCUT2D eigenvalue weighted by Gasteiger charge is -2.33.